The largest absolute Gasteiger partial charge is 2.00 e. The second-order valence-electron chi connectivity index (χ2n) is 15.5. The fourth-order valence-corrected chi connectivity index (χ4v) is 7.38. The summed E-state index contributed by atoms with van der Waals surface area (Å²) < 4.78 is 0. The first kappa shape index (κ1) is 54.2. The smallest absolute Gasteiger partial charge is 0.549 e. The van der Waals surface area contributed by atoms with Gasteiger partial charge >= 0.3 is 37.7 Å². The van der Waals surface area contributed by atoms with Crippen molar-refractivity contribution in [2.24, 2.45) is 0 Å². The standard InChI is InChI=1S/2C24H39ClO2.Ca/c2*25-23(24(26)27)21-17-12-10-8-6-4-2-1-3-5-7-9-11-14-18-22-19-15-13-16-20-22;/h2*13,15-16,19-20,23H,1-12,14,17-18,21H2,(H,26,27);/q;;+2/p-2. The Morgan fingerprint density at radius 1 is 0.364 bits per heavy atom. The van der Waals surface area contributed by atoms with Gasteiger partial charge in [0.2, 0.25) is 0 Å². The summed E-state index contributed by atoms with van der Waals surface area (Å²) in [6.45, 7) is 0. The van der Waals surface area contributed by atoms with Crippen molar-refractivity contribution in [3.05, 3.63) is 71.8 Å². The van der Waals surface area contributed by atoms with E-state index in [1.54, 1.807) is 0 Å². The summed E-state index contributed by atoms with van der Waals surface area (Å²) in [4.78, 5) is 21.0. The summed E-state index contributed by atoms with van der Waals surface area (Å²) in [5.41, 5.74) is 2.94. The first-order valence-electron chi connectivity index (χ1n) is 22.2. The number of carbonyl (C=O) groups excluding carboxylic acids is 2. The van der Waals surface area contributed by atoms with Crippen LogP contribution in [-0.2, 0) is 22.4 Å². The maximum atomic E-state index is 10.5. The van der Waals surface area contributed by atoms with E-state index in [1.807, 2.05) is 0 Å². The van der Waals surface area contributed by atoms with Crippen molar-refractivity contribution in [1.29, 1.82) is 0 Å². The molecule has 2 rings (SSSR count). The minimum absolute atomic E-state index is 0. The molecule has 0 aliphatic carbocycles. The van der Waals surface area contributed by atoms with Crippen LogP contribution in [0, 0.1) is 0 Å². The molecule has 0 aromatic heterocycles. The minimum Gasteiger partial charge on any atom is -0.549 e. The van der Waals surface area contributed by atoms with Gasteiger partial charge in [-0.15, -0.1) is 23.2 Å². The van der Waals surface area contributed by atoms with E-state index in [0.717, 1.165) is 25.7 Å². The van der Waals surface area contributed by atoms with Crippen molar-refractivity contribution in [2.45, 2.75) is 216 Å². The average molecular weight is 828 g/mol. The number of alkyl halides is 2. The molecule has 0 aliphatic rings. The van der Waals surface area contributed by atoms with Gasteiger partial charge in [-0.2, -0.15) is 0 Å². The van der Waals surface area contributed by atoms with Gasteiger partial charge in [0.25, 0.3) is 0 Å². The molecule has 0 amide bonds. The van der Waals surface area contributed by atoms with Gasteiger partial charge in [0.05, 0.1) is 22.7 Å². The van der Waals surface area contributed by atoms with Gasteiger partial charge in [0, 0.05) is 0 Å². The zero-order chi connectivity index (χ0) is 39.2. The van der Waals surface area contributed by atoms with Crippen LogP contribution in [0.25, 0.3) is 0 Å². The molecule has 0 saturated carbocycles. The molecule has 0 N–H and O–H groups in total. The summed E-state index contributed by atoms with van der Waals surface area (Å²) in [5, 5.41) is 19.4. The molecule has 0 aliphatic heterocycles. The minimum atomic E-state index is -1.14. The molecule has 2 unspecified atom stereocenters. The molecule has 2 aromatic carbocycles. The Hall–Kier alpha value is -0.780. The van der Waals surface area contributed by atoms with Crippen LogP contribution in [0.3, 0.4) is 0 Å². The number of rotatable bonds is 36. The second kappa shape index (κ2) is 41.4. The van der Waals surface area contributed by atoms with Gasteiger partial charge in [-0.05, 0) is 49.7 Å². The number of unbranched alkanes of at least 4 members (excludes halogenated alkanes) is 26. The molecule has 0 bridgehead atoms. The van der Waals surface area contributed by atoms with Crippen LogP contribution in [-0.4, -0.2) is 60.4 Å². The molecule has 0 fully saturated rings. The first-order chi connectivity index (χ1) is 26.4. The zero-order valence-electron chi connectivity index (χ0n) is 34.7. The third kappa shape index (κ3) is 37.3. The fourth-order valence-electron chi connectivity index (χ4n) is 7.07. The number of carboxylic acid groups (broad SMARTS) is 2. The molecule has 7 heteroatoms. The summed E-state index contributed by atoms with van der Waals surface area (Å²) in [5.74, 6) is -2.27. The topological polar surface area (TPSA) is 80.3 Å². The van der Waals surface area contributed by atoms with E-state index in [0.29, 0.717) is 12.8 Å². The van der Waals surface area contributed by atoms with Crippen molar-refractivity contribution < 1.29 is 19.8 Å². The van der Waals surface area contributed by atoms with Crippen molar-refractivity contribution in [3.8, 4) is 0 Å². The quantitative estimate of drug-likeness (QED) is 0.0389. The van der Waals surface area contributed by atoms with Gasteiger partial charge in [-0.3, -0.25) is 0 Å². The number of halogens is 2. The van der Waals surface area contributed by atoms with Crippen LogP contribution in [0.2, 0.25) is 0 Å². The predicted octanol–water partition coefficient (Wildman–Crippen LogP) is 12.5. The Morgan fingerprint density at radius 2 is 0.564 bits per heavy atom. The first-order valence-corrected chi connectivity index (χ1v) is 23.0. The van der Waals surface area contributed by atoms with Gasteiger partial charge in [-0.1, -0.05) is 228 Å². The number of carbonyl (C=O) groups is 2. The van der Waals surface area contributed by atoms with Crippen LogP contribution in [0.4, 0.5) is 0 Å². The van der Waals surface area contributed by atoms with Crippen LogP contribution in [0.1, 0.15) is 204 Å². The number of hydrogen-bond donors (Lipinski definition) is 0. The molecule has 0 spiro atoms. The molecular formula is C48H76CaCl2O4. The van der Waals surface area contributed by atoms with E-state index in [4.69, 9.17) is 23.2 Å². The van der Waals surface area contributed by atoms with E-state index in [-0.39, 0.29) is 37.7 Å². The number of hydrogen-bond acceptors (Lipinski definition) is 4. The summed E-state index contributed by atoms with van der Waals surface area (Å²) >= 11 is 11.3. The maximum Gasteiger partial charge on any atom is 2.00 e. The Bertz CT molecular complexity index is 1020. The molecule has 0 heterocycles. The van der Waals surface area contributed by atoms with E-state index >= 15 is 0 Å². The van der Waals surface area contributed by atoms with Gasteiger partial charge in [0.15, 0.2) is 0 Å². The zero-order valence-corrected chi connectivity index (χ0v) is 38.4. The Labute approximate surface area is 377 Å². The summed E-state index contributed by atoms with van der Waals surface area (Å²) in [6, 6.07) is 21.6. The van der Waals surface area contributed by atoms with Crippen LogP contribution < -0.4 is 10.2 Å². The van der Waals surface area contributed by atoms with E-state index < -0.39 is 22.7 Å². The second-order valence-corrected chi connectivity index (χ2v) is 16.6. The average Bonchev–Trinajstić information content (AvgIpc) is 3.18. The van der Waals surface area contributed by atoms with Crippen LogP contribution >= 0.6 is 23.2 Å². The fraction of sp³-hybridized carbons (Fsp3) is 0.708. The van der Waals surface area contributed by atoms with Gasteiger partial charge < -0.3 is 19.8 Å². The normalized spacial score (nSPS) is 12.0. The van der Waals surface area contributed by atoms with E-state index in [1.165, 1.54) is 178 Å². The van der Waals surface area contributed by atoms with Crippen molar-refractivity contribution >= 4 is 72.9 Å². The van der Waals surface area contributed by atoms with Gasteiger partial charge in [-0.25, -0.2) is 0 Å². The van der Waals surface area contributed by atoms with E-state index in [9.17, 15) is 19.8 Å². The van der Waals surface area contributed by atoms with Gasteiger partial charge in [0.1, 0.15) is 0 Å². The molecule has 4 nitrogen and oxygen atoms in total. The van der Waals surface area contributed by atoms with E-state index in [2.05, 4.69) is 60.7 Å². The molecule has 308 valence electrons. The SMILES string of the molecule is O=C([O-])C(Cl)CCCCCCCCCCCCCCCCc1ccccc1.O=C([O-])C(Cl)CCCCCCCCCCCCCCCCc1ccccc1.[Ca+2]. The molecule has 2 aromatic rings. The van der Waals surface area contributed by atoms with Crippen molar-refractivity contribution in [3.63, 3.8) is 0 Å². The number of aliphatic carboxylic acids is 2. The van der Waals surface area contributed by atoms with Crippen LogP contribution in [0.15, 0.2) is 60.7 Å². The molecule has 0 radical (unpaired) electrons. The third-order valence-corrected chi connectivity index (χ3v) is 11.3. The number of aryl methyl sites for hydroxylation is 2. The Balaban J connectivity index is 0.00000104. The molecular weight excluding hydrogens is 752 g/mol. The summed E-state index contributed by atoms with van der Waals surface area (Å²) in [7, 11) is 0. The Kier molecular flexibility index (Phi) is 40.8. The van der Waals surface area contributed by atoms with Crippen molar-refractivity contribution in [1.82, 2.24) is 0 Å². The Morgan fingerprint density at radius 3 is 0.782 bits per heavy atom. The monoisotopic (exact) mass is 826 g/mol. The third-order valence-electron chi connectivity index (χ3n) is 10.5. The van der Waals surface area contributed by atoms with Crippen LogP contribution in [0.5, 0.6) is 0 Å². The van der Waals surface area contributed by atoms with Crippen molar-refractivity contribution in [2.75, 3.05) is 0 Å². The molecule has 0 saturated heterocycles. The number of carboxylic acids is 2. The summed E-state index contributed by atoms with van der Waals surface area (Å²) in [6.07, 6.45) is 39.7. The molecule has 2 atom stereocenters. The number of benzene rings is 2. The molecule has 55 heavy (non-hydrogen) atoms. The predicted molar refractivity (Wildman–Crippen MR) is 234 cm³/mol. The maximum absolute atomic E-state index is 10.5.